The van der Waals surface area contributed by atoms with Gasteiger partial charge in [-0.25, -0.2) is 4.79 Å². The number of alkyl halides is 1. The molecule has 0 amide bonds. The molecule has 0 aliphatic rings. The normalized spacial score (nSPS) is 11.3. The number of rotatable bonds is 3. The monoisotopic (exact) mass is 314 g/mol. The molecule has 2 rings (SSSR count). The van der Waals surface area contributed by atoms with Crippen LogP contribution in [-0.4, -0.2) is 11.1 Å². The second-order valence-corrected chi connectivity index (χ2v) is 5.42. The van der Waals surface area contributed by atoms with Gasteiger partial charge in [0.15, 0.2) is 4.87 Å². The zero-order valence-electron chi connectivity index (χ0n) is 9.61. The van der Waals surface area contributed by atoms with Gasteiger partial charge in [-0.2, -0.15) is 0 Å². The van der Waals surface area contributed by atoms with E-state index in [1.54, 1.807) is 48.5 Å². The molecule has 0 spiro atoms. The van der Waals surface area contributed by atoms with E-state index in [9.17, 15) is 9.90 Å². The molecule has 98 valence electrons. The summed E-state index contributed by atoms with van der Waals surface area (Å²) in [6.45, 7) is 0. The van der Waals surface area contributed by atoms with Gasteiger partial charge in [-0.3, -0.25) is 0 Å². The van der Waals surface area contributed by atoms with Crippen LogP contribution in [0.5, 0.6) is 0 Å². The van der Waals surface area contributed by atoms with E-state index < -0.39 is 10.8 Å². The number of halogens is 3. The minimum absolute atomic E-state index is 0.438. The maximum Gasteiger partial charge on any atom is 0.334 e. The largest absolute Gasteiger partial charge is 0.479 e. The first kappa shape index (κ1) is 14.2. The summed E-state index contributed by atoms with van der Waals surface area (Å²) in [7, 11) is 0. The van der Waals surface area contributed by atoms with Crippen LogP contribution in [-0.2, 0) is 9.67 Å². The van der Waals surface area contributed by atoms with Crippen molar-refractivity contribution in [3.05, 3.63) is 69.7 Å². The summed E-state index contributed by atoms with van der Waals surface area (Å²) in [6.07, 6.45) is 0. The first-order valence-electron chi connectivity index (χ1n) is 5.39. The van der Waals surface area contributed by atoms with Gasteiger partial charge < -0.3 is 5.11 Å². The summed E-state index contributed by atoms with van der Waals surface area (Å²) in [5.74, 6) is -1.15. The maximum absolute atomic E-state index is 11.6. The molecule has 0 aliphatic heterocycles. The van der Waals surface area contributed by atoms with Crippen LogP contribution in [0.1, 0.15) is 11.1 Å². The number of carboxylic acids is 1. The Bertz CT molecular complexity index is 546. The second-order valence-electron chi connectivity index (χ2n) is 3.98. The Balaban J connectivity index is 2.57. The number of benzene rings is 2. The molecule has 1 N–H and O–H groups in total. The average molecular weight is 316 g/mol. The van der Waals surface area contributed by atoms with Crippen molar-refractivity contribution in [2.45, 2.75) is 4.87 Å². The molecule has 0 aromatic heterocycles. The first-order chi connectivity index (χ1) is 8.94. The summed E-state index contributed by atoms with van der Waals surface area (Å²) in [6, 6.07) is 12.8. The minimum Gasteiger partial charge on any atom is -0.479 e. The van der Waals surface area contributed by atoms with Crippen molar-refractivity contribution in [2.75, 3.05) is 0 Å². The van der Waals surface area contributed by atoms with E-state index in [0.29, 0.717) is 21.2 Å². The molecule has 0 saturated carbocycles. The number of carboxylic acid groups (broad SMARTS) is 1. The molecular weight excluding hydrogens is 307 g/mol. The van der Waals surface area contributed by atoms with Gasteiger partial charge >= 0.3 is 5.97 Å². The van der Waals surface area contributed by atoms with E-state index in [-0.39, 0.29) is 0 Å². The molecule has 0 saturated heterocycles. The lowest BCUT2D eigenvalue weighted by Crippen LogP contribution is -2.30. The average Bonchev–Trinajstić information content (AvgIpc) is 2.39. The van der Waals surface area contributed by atoms with Gasteiger partial charge in [0, 0.05) is 10.0 Å². The quantitative estimate of drug-likeness (QED) is 0.843. The molecule has 0 radical (unpaired) electrons. The van der Waals surface area contributed by atoms with E-state index in [1.165, 1.54) is 0 Å². The van der Waals surface area contributed by atoms with E-state index >= 15 is 0 Å². The number of aliphatic carboxylic acids is 1. The highest BCUT2D eigenvalue weighted by atomic mass is 35.5. The summed E-state index contributed by atoms with van der Waals surface area (Å²) in [4.78, 5) is 9.94. The van der Waals surface area contributed by atoms with Gasteiger partial charge in [0.2, 0.25) is 0 Å². The molecule has 0 bridgehead atoms. The minimum atomic E-state index is -1.66. The van der Waals surface area contributed by atoms with Crippen LogP contribution in [0.3, 0.4) is 0 Å². The van der Waals surface area contributed by atoms with Crippen LogP contribution < -0.4 is 0 Å². The van der Waals surface area contributed by atoms with Gasteiger partial charge in [-0.1, -0.05) is 59.1 Å². The van der Waals surface area contributed by atoms with E-state index in [1.807, 2.05) is 0 Å². The van der Waals surface area contributed by atoms with Crippen LogP contribution in [0.4, 0.5) is 0 Å². The lowest BCUT2D eigenvalue weighted by atomic mass is 9.90. The molecular formula is C14H9Cl3O2. The highest BCUT2D eigenvalue weighted by molar-refractivity contribution is 6.36. The molecule has 2 aromatic rings. The van der Waals surface area contributed by atoms with Crippen LogP contribution in [0, 0.1) is 0 Å². The third-order valence-electron chi connectivity index (χ3n) is 2.78. The van der Waals surface area contributed by atoms with Crippen molar-refractivity contribution in [1.29, 1.82) is 0 Å². The Morgan fingerprint density at radius 2 is 1.16 bits per heavy atom. The Morgan fingerprint density at radius 1 is 0.842 bits per heavy atom. The standard InChI is InChI=1S/C14H9Cl3O2/c15-11-5-1-9(2-6-11)14(17,13(18)19)10-3-7-12(16)8-4-10/h1-8H,(H,18,19). The number of hydrogen-bond donors (Lipinski definition) is 1. The highest BCUT2D eigenvalue weighted by Crippen LogP contribution is 2.37. The van der Waals surface area contributed by atoms with Crippen LogP contribution in [0.25, 0.3) is 0 Å². The molecule has 0 heterocycles. The van der Waals surface area contributed by atoms with Crippen molar-refractivity contribution >= 4 is 40.8 Å². The smallest absolute Gasteiger partial charge is 0.334 e. The van der Waals surface area contributed by atoms with E-state index in [2.05, 4.69) is 0 Å². The van der Waals surface area contributed by atoms with Crippen molar-refractivity contribution in [1.82, 2.24) is 0 Å². The molecule has 2 aromatic carbocycles. The SMILES string of the molecule is O=C(O)C(Cl)(c1ccc(Cl)cc1)c1ccc(Cl)cc1. The lowest BCUT2D eigenvalue weighted by molar-refractivity contribution is -0.139. The zero-order valence-corrected chi connectivity index (χ0v) is 11.9. The van der Waals surface area contributed by atoms with Crippen LogP contribution in [0.2, 0.25) is 10.0 Å². The predicted molar refractivity (Wildman–Crippen MR) is 77.2 cm³/mol. The first-order valence-corrected chi connectivity index (χ1v) is 6.52. The van der Waals surface area contributed by atoms with E-state index in [4.69, 9.17) is 34.8 Å². The van der Waals surface area contributed by atoms with Gasteiger partial charge in [0.25, 0.3) is 0 Å². The van der Waals surface area contributed by atoms with Gasteiger partial charge in [-0.15, -0.1) is 0 Å². The summed E-state index contributed by atoms with van der Waals surface area (Å²) >= 11 is 17.9. The Labute approximate surface area is 125 Å². The number of hydrogen-bond acceptors (Lipinski definition) is 1. The topological polar surface area (TPSA) is 37.3 Å². The summed E-state index contributed by atoms with van der Waals surface area (Å²) < 4.78 is 0. The predicted octanol–water partition coefficient (Wildman–Crippen LogP) is 4.56. The van der Waals surface area contributed by atoms with Crippen molar-refractivity contribution in [3.63, 3.8) is 0 Å². The van der Waals surface area contributed by atoms with Crippen molar-refractivity contribution in [2.24, 2.45) is 0 Å². The van der Waals surface area contributed by atoms with Crippen molar-refractivity contribution < 1.29 is 9.90 Å². The summed E-state index contributed by atoms with van der Waals surface area (Å²) in [5.41, 5.74) is 0.877. The third-order valence-corrected chi connectivity index (χ3v) is 3.88. The van der Waals surface area contributed by atoms with Crippen LogP contribution in [0.15, 0.2) is 48.5 Å². The molecule has 2 nitrogen and oxygen atoms in total. The Kier molecular flexibility index (Phi) is 4.04. The molecule has 19 heavy (non-hydrogen) atoms. The lowest BCUT2D eigenvalue weighted by Gasteiger charge is -2.23. The molecule has 0 aliphatic carbocycles. The molecule has 0 unspecified atom stereocenters. The Hall–Kier alpha value is -1.22. The fourth-order valence-electron chi connectivity index (χ4n) is 1.77. The highest BCUT2D eigenvalue weighted by Gasteiger charge is 2.40. The maximum atomic E-state index is 11.6. The van der Waals surface area contributed by atoms with E-state index in [0.717, 1.165) is 0 Å². The third kappa shape index (κ3) is 2.71. The van der Waals surface area contributed by atoms with Gasteiger partial charge in [0.05, 0.1) is 0 Å². The Morgan fingerprint density at radius 3 is 1.42 bits per heavy atom. The summed E-state index contributed by atoms with van der Waals surface area (Å²) in [5, 5.41) is 10.5. The molecule has 5 heteroatoms. The molecule has 0 atom stereocenters. The fraction of sp³-hybridized carbons (Fsp3) is 0.0714. The van der Waals surface area contributed by atoms with Crippen molar-refractivity contribution in [3.8, 4) is 0 Å². The molecule has 0 fully saturated rings. The van der Waals surface area contributed by atoms with Gasteiger partial charge in [-0.05, 0) is 35.4 Å². The van der Waals surface area contributed by atoms with Gasteiger partial charge in [0.1, 0.15) is 0 Å². The number of carbonyl (C=O) groups is 1. The zero-order chi connectivity index (χ0) is 14.0. The fourth-order valence-corrected chi connectivity index (χ4v) is 2.28. The second kappa shape index (κ2) is 5.41. The van der Waals surface area contributed by atoms with Crippen LogP contribution >= 0.6 is 34.8 Å².